The largest absolute Gasteiger partial charge is 0.339 e. The standard InChI is InChI=1S/C20H23ClN2O3S/c1-14-9-10-16(13-17(14)20(24)23-11-4-3-5-12-23)27(25,26)22-19-8-6-7-18(21)15(19)2/h6-10,13,22H,3-5,11-12H2,1-2H3. The van der Waals surface area contributed by atoms with Crippen LogP contribution in [0, 0.1) is 13.8 Å². The van der Waals surface area contributed by atoms with Crippen LogP contribution in [0.5, 0.6) is 0 Å². The monoisotopic (exact) mass is 406 g/mol. The zero-order chi connectivity index (χ0) is 19.6. The van der Waals surface area contributed by atoms with Crippen molar-refractivity contribution in [3.8, 4) is 0 Å². The maximum atomic E-state index is 12.9. The summed E-state index contributed by atoms with van der Waals surface area (Å²) in [7, 11) is -3.84. The normalized spacial score (nSPS) is 14.9. The van der Waals surface area contributed by atoms with Crippen LogP contribution in [0.15, 0.2) is 41.3 Å². The molecule has 0 aliphatic carbocycles. The average Bonchev–Trinajstić information content (AvgIpc) is 2.66. The quantitative estimate of drug-likeness (QED) is 0.819. The van der Waals surface area contributed by atoms with Gasteiger partial charge in [-0.3, -0.25) is 9.52 Å². The average molecular weight is 407 g/mol. The van der Waals surface area contributed by atoms with Gasteiger partial charge >= 0.3 is 0 Å². The van der Waals surface area contributed by atoms with Crippen LogP contribution < -0.4 is 4.72 Å². The van der Waals surface area contributed by atoms with Crippen molar-refractivity contribution in [1.29, 1.82) is 0 Å². The summed E-state index contributed by atoms with van der Waals surface area (Å²) in [5.74, 6) is -0.108. The molecule has 0 radical (unpaired) electrons. The Morgan fingerprint density at radius 3 is 2.48 bits per heavy atom. The first-order chi connectivity index (χ1) is 12.8. The molecule has 1 aliphatic rings. The molecule has 7 heteroatoms. The first-order valence-electron chi connectivity index (χ1n) is 8.97. The van der Waals surface area contributed by atoms with Gasteiger partial charge in [-0.2, -0.15) is 0 Å². The highest BCUT2D eigenvalue weighted by molar-refractivity contribution is 7.92. The number of aryl methyl sites for hydroxylation is 1. The van der Waals surface area contributed by atoms with E-state index in [0.29, 0.717) is 21.8 Å². The molecule has 1 N–H and O–H groups in total. The molecule has 0 atom stereocenters. The van der Waals surface area contributed by atoms with Crippen LogP contribution in [0.4, 0.5) is 5.69 Å². The molecule has 1 saturated heterocycles. The Kier molecular flexibility index (Phi) is 5.77. The first kappa shape index (κ1) is 19.7. The molecule has 0 saturated carbocycles. The number of carbonyl (C=O) groups is 1. The lowest BCUT2D eigenvalue weighted by molar-refractivity contribution is 0.0723. The van der Waals surface area contributed by atoms with Gasteiger partial charge in [-0.1, -0.05) is 23.7 Å². The summed E-state index contributed by atoms with van der Waals surface area (Å²) in [6.07, 6.45) is 3.09. The van der Waals surface area contributed by atoms with E-state index in [1.165, 1.54) is 12.1 Å². The highest BCUT2D eigenvalue weighted by atomic mass is 35.5. The van der Waals surface area contributed by atoms with Crippen molar-refractivity contribution in [2.24, 2.45) is 0 Å². The highest BCUT2D eigenvalue weighted by Gasteiger charge is 2.23. The summed E-state index contributed by atoms with van der Waals surface area (Å²) in [6.45, 7) is 5.01. The lowest BCUT2D eigenvalue weighted by Gasteiger charge is -2.27. The second kappa shape index (κ2) is 7.90. The van der Waals surface area contributed by atoms with Crippen LogP contribution in [0.2, 0.25) is 5.02 Å². The lowest BCUT2D eigenvalue weighted by Crippen LogP contribution is -2.36. The molecule has 0 bridgehead atoms. The summed E-state index contributed by atoms with van der Waals surface area (Å²) in [5.41, 5.74) is 2.28. The fourth-order valence-corrected chi connectivity index (χ4v) is 4.51. The van der Waals surface area contributed by atoms with Crippen LogP contribution in [0.3, 0.4) is 0 Å². The van der Waals surface area contributed by atoms with Gasteiger partial charge in [0, 0.05) is 23.7 Å². The maximum Gasteiger partial charge on any atom is 0.261 e. The summed E-state index contributed by atoms with van der Waals surface area (Å²) in [5, 5.41) is 0.486. The molecule has 144 valence electrons. The molecule has 0 spiro atoms. The molecule has 1 fully saturated rings. The summed E-state index contributed by atoms with van der Waals surface area (Å²) in [6, 6.07) is 9.71. The van der Waals surface area contributed by atoms with Gasteiger partial charge in [-0.05, 0) is 68.5 Å². The van der Waals surface area contributed by atoms with Crippen molar-refractivity contribution < 1.29 is 13.2 Å². The molecular formula is C20H23ClN2O3S. The number of carbonyl (C=O) groups excluding carboxylic acids is 1. The molecule has 1 amide bonds. The van der Waals surface area contributed by atoms with Crippen molar-refractivity contribution in [2.75, 3.05) is 17.8 Å². The van der Waals surface area contributed by atoms with E-state index >= 15 is 0 Å². The van der Waals surface area contributed by atoms with E-state index in [-0.39, 0.29) is 10.8 Å². The zero-order valence-electron chi connectivity index (χ0n) is 15.5. The van der Waals surface area contributed by atoms with Crippen molar-refractivity contribution in [2.45, 2.75) is 38.0 Å². The van der Waals surface area contributed by atoms with Crippen LogP contribution in [0.1, 0.15) is 40.7 Å². The lowest BCUT2D eigenvalue weighted by atomic mass is 10.1. The number of hydrogen-bond donors (Lipinski definition) is 1. The molecule has 27 heavy (non-hydrogen) atoms. The SMILES string of the molecule is Cc1ccc(S(=O)(=O)Nc2cccc(Cl)c2C)cc1C(=O)N1CCCCC1. The third kappa shape index (κ3) is 4.28. The van der Waals surface area contributed by atoms with E-state index in [1.807, 2.05) is 6.92 Å². The van der Waals surface area contributed by atoms with Gasteiger partial charge in [0.15, 0.2) is 0 Å². The van der Waals surface area contributed by atoms with Crippen LogP contribution in [0.25, 0.3) is 0 Å². The van der Waals surface area contributed by atoms with E-state index < -0.39 is 10.0 Å². The van der Waals surface area contributed by atoms with Crippen molar-refractivity contribution in [1.82, 2.24) is 4.90 Å². The molecule has 1 heterocycles. The summed E-state index contributed by atoms with van der Waals surface area (Å²) >= 11 is 6.08. The number of piperidine rings is 1. The molecular weight excluding hydrogens is 384 g/mol. The number of amides is 1. The van der Waals surface area contributed by atoms with Crippen LogP contribution in [-0.4, -0.2) is 32.3 Å². The van der Waals surface area contributed by atoms with Gasteiger partial charge in [0.2, 0.25) is 0 Å². The molecule has 5 nitrogen and oxygen atoms in total. The predicted molar refractivity (Wildman–Crippen MR) is 108 cm³/mol. The van der Waals surface area contributed by atoms with Crippen molar-refractivity contribution in [3.05, 3.63) is 58.1 Å². The predicted octanol–water partition coefficient (Wildman–Crippen LogP) is 4.38. The minimum Gasteiger partial charge on any atom is -0.339 e. The molecule has 2 aromatic rings. The Bertz CT molecular complexity index is 967. The van der Waals surface area contributed by atoms with Crippen LogP contribution >= 0.6 is 11.6 Å². The number of halogens is 1. The maximum absolute atomic E-state index is 12.9. The topological polar surface area (TPSA) is 66.5 Å². The molecule has 2 aromatic carbocycles. The third-order valence-electron chi connectivity index (χ3n) is 4.91. The van der Waals surface area contributed by atoms with Gasteiger partial charge in [0.1, 0.15) is 0 Å². The number of hydrogen-bond acceptors (Lipinski definition) is 3. The first-order valence-corrected chi connectivity index (χ1v) is 10.8. The number of benzene rings is 2. The minimum atomic E-state index is -3.84. The fraction of sp³-hybridized carbons (Fsp3) is 0.350. The Hall–Kier alpha value is -2.05. The number of nitrogens with one attached hydrogen (secondary N) is 1. The van der Waals surface area contributed by atoms with Gasteiger partial charge in [0.25, 0.3) is 15.9 Å². The third-order valence-corrected chi connectivity index (χ3v) is 6.68. The van der Waals surface area contributed by atoms with Gasteiger partial charge in [0.05, 0.1) is 10.6 Å². The zero-order valence-corrected chi connectivity index (χ0v) is 17.0. The van der Waals surface area contributed by atoms with E-state index in [1.54, 1.807) is 36.1 Å². The Morgan fingerprint density at radius 1 is 1.07 bits per heavy atom. The molecule has 0 unspecified atom stereocenters. The van der Waals surface area contributed by atoms with E-state index in [4.69, 9.17) is 11.6 Å². The van der Waals surface area contributed by atoms with Gasteiger partial charge in [-0.15, -0.1) is 0 Å². The van der Waals surface area contributed by atoms with Crippen LogP contribution in [-0.2, 0) is 10.0 Å². The number of sulfonamides is 1. The van der Waals surface area contributed by atoms with E-state index in [2.05, 4.69) is 4.72 Å². The number of nitrogens with zero attached hydrogens (tertiary/aromatic N) is 1. The number of rotatable bonds is 4. The second-order valence-corrected chi connectivity index (χ2v) is 8.94. The molecule has 3 rings (SSSR count). The van der Waals surface area contributed by atoms with E-state index in [9.17, 15) is 13.2 Å². The Balaban J connectivity index is 1.92. The molecule has 1 aliphatic heterocycles. The Labute approximate surface area is 165 Å². The summed E-state index contributed by atoms with van der Waals surface area (Å²) < 4.78 is 28.3. The van der Waals surface area contributed by atoms with E-state index in [0.717, 1.165) is 37.9 Å². The Morgan fingerprint density at radius 2 is 1.78 bits per heavy atom. The van der Waals surface area contributed by atoms with Gasteiger partial charge < -0.3 is 4.90 Å². The van der Waals surface area contributed by atoms with Crippen molar-refractivity contribution >= 4 is 33.2 Å². The summed E-state index contributed by atoms with van der Waals surface area (Å²) in [4.78, 5) is 14.7. The highest BCUT2D eigenvalue weighted by Crippen LogP contribution is 2.26. The van der Waals surface area contributed by atoms with Crippen molar-refractivity contribution in [3.63, 3.8) is 0 Å². The van der Waals surface area contributed by atoms with Gasteiger partial charge in [-0.25, -0.2) is 8.42 Å². The number of anilines is 1. The minimum absolute atomic E-state index is 0.0628. The smallest absolute Gasteiger partial charge is 0.261 e. The fourth-order valence-electron chi connectivity index (χ4n) is 3.19. The molecule has 0 aromatic heterocycles. The number of likely N-dealkylation sites (tertiary alicyclic amines) is 1. The second-order valence-electron chi connectivity index (χ2n) is 6.85.